The second kappa shape index (κ2) is 7.14. The van der Waals surface area contributed by atoms with Gasteiger partial charge >= 0.3 is 0 Å². The van der Waals surface area contributed by atoms with Gasteiger partial charge in [0.2, 0.25) is 0 Å². The molecule has 3 atom stereocenters. The Labute approximate surface area is 84.3 Å². The maximum atomic E-state index is 9.03. The van der Waals surface area contributed by atoms with Crippen molar-refractivity contribution in [1.29, 1.82) is 0 Å². The van der Waals surface area contributed by atoms with E-state index < -0.39 is 18.9 Å². The smallest absolute Gasteiger partial charge is 0.266 e. The fourth-order valence-corrected chi connectivity index (χ4v) is 1.30. The largest absolute Gasteiger partial charge is 0.368 e. The van der Waals surface area contributed by atoms with Gasteiger partial charge in [-0.1, -0.05) is 13.8 Å². The Morgan fingerprint density at radius 3 is 1.64 bits per heavy atom. The van der Waals surface area contributed by atoms with Gasteiger partial charge in [-0.2, -0.15) is 0 Å². The molecule has 0 aromatic carbocycles. The molecule has 0 amide bonds. The fourth-order valence-electron chi connectivity index (χ4n) is 1.30. The van der Waals surface area contributed by atoms with Crippen LogP contribution in [0.3, 0.4) is 0 Å². The number of rotatable bonds is 7. The SMILES string of the molecule is CCC(OC(C)O)C(CC)OC(O)O. The maximum Gasteiger partial charge on any atom is 0.266 e. The lowest BCUT2D eigenvalue weighted by Gasteiger charge is -2.27. The molecule has 0 saturated carbocycles. The number of aliphatic hydroxyl groups excluding tert-OH is 2. The first-order valence-corrected chi connectivity index (χ1v) is 4.86. The van der Waals surface area contributed by atoms with Crippen LogP contribution in [0.15, 0.2) is 0 Å². The highest BCUT2D eigenvalue weighted by Gasteiger charge is 2.23. The number of hydrogen-bond acceptors (Lipinski definition) is 5. The maximum absolute atomic E-state index is 9.03. The van der Waals surface area contributed by atoms with Gasteiger partial charge in [0, 0.05) is 0 Å². The second-order valence-corrected chi connectivity index (χ2v) is 3.09. The molecule has 0 aliphatic rings. The molecular weight excluding hydrogens is 188 g/mol. The first-order valence-electron chi connectivity index (χ1n) is 4.86. The molecular formula is C9H20O5. The van der Waals surface area contributed by atoms with Gasteiger partial charge in [0.05, 0.1) is 12.2 Å². The third-order valence-electron chi connectivity index (χ3n) is 1.89. The minimum atomic E-state index is -1.80. The molecule has 0 aliphatic heterocycles. The van der Waals surface area contributed by atoms with Crippen LogP contribution in [0.1, 0.15) is 33.6 Å². The monoisotopic (exact) mass is 208 g/mol. The minimum absolute atomic E-state index is 0.332. The summed E-state index contributed by atoms with van der Waals surface area (Å²) in [5, 5.41) is 26.3. The number of ether oxygens (including phenoxy) is 2. The lowest BCUT2D eigenvalue weighted by Crippen LogP contribution is -2.36. The Kier molecular flexibility index (Phi) is 7.04. The molecule has 0 rings (SSSR count). The van der Waals surface area contributed by atoms with E-state index in [0.29, 0.717) is 12.8 Å². The molecule has 0 saturated heterocycles. The zero-order valence-electron chi connectivity index (χ0n) is 8.88. The molecule has 0 aliphatic carbocycles. The lowest BCUT2D eigenvalue weighted by molar-refractivity contribution is -0.281. The highest BCUT2D eigenvalue weighted by Crippen LogP contribution is 2.14. The summed E-state index contributed by atoms with van der Waals surface area (Å²) in [6.07, 6.45) is -0.413. The third-order valence-corrected chi connectivity index (χ3v) is 1.89. The minimum Gasteiger partial charge on any atom is -0.368 e. The summed E-state index contributed by atoms with van der Waals surface area (Å²) in [5.74, 6) is 0. The van der Waals surface area contributed by atoms with Crippen LogP contribution in [0.4, 0.5) is 0 Å². The predicted molar refractivity (Wildman–Crippen MR) is 50.2 cm³/mol. The summed E-state index contributed by atoms with van der Waals surface area (Å²) in [6, 6.07) is 0. The van der Waals surface area contributed by atoms with E-state index >= 15 is 0 Å². The molecule has 0 aromatic heterocycles. The molecule has 0 heterocycles. The molecule has 0 aromatic rings. The van der Waals surface area contributed by atoms with Crippen LogP contribution >= 0.6 is 0 Å². The average Bonchev–Trinajstić information content (AvgIpc) is 2.10. The highest BCUT2D eigenvalue weighted by molar-refractivity contribution is 4.68. The van der Waals surface area contributed by atoms with Crippen molar-refractivity contribution in [2.45, 2.75) is 58.6 Å². The van der Waals surface area contributed by atoms with Crippen molar-refractivity contribution in [1.82, 2.24) is 0 Å². The van der Waals surface area contributed by atoms with E-state index in [2.05, 4.69) is 0 Å². The van der Waals surface area contributed by atoms with Gasteiger partial charge in [0.1, 0.15) is 0 Å². The molecule has 0 radical (unpaired) electrons. The van der Waals surface area contributed by atoms with E-state index in [1.807, 2.05) is 13.8 Å². The highest BCUT2D eigenvalue weighted by atomic mass is 16.7. The van der Waals surface area contributed by atoms with Crippen LogP contribution in [0, 0.1) is 0 Å². The van der Waals surface area contributed by atoms with Crippen LogP contribution in [0.5, 0.6) is 0 Å². The van der Waals surface area contributed by atoms with Crippen LogP contribution in [-0.4, -0.2) is 40.3 Å². The average molecular weight is 208 g/mol. The fraction of sp³-hybridized carbons (Fsp3) is 1.00. The van der Waals surface area contributed by atoms with Crippen LogP contribution in [0.25, 0.3) is 0 Å². The van der Waals surface area contributed by atoms with Gasteiger partial charge in [-0.3, -0.25) is 0 Å². The molecule has 3 N–H and O–H groups in total. The molecule has 0 fully saturated rings. The molecule has 0 bridgehead atoms. The van der Waals surface area contributed by atoms with Gasteiger partial charge in [0.25, 0.3) is 6.48 Å². The Hall–Kier alpha value is -0.200. The number of hydrogen-bond donors (Lipinski definition) is 3. The van der Waals surface area contributed by atoms with Crippen molar-refractivity contribution in [3.8, 4) is 0 Å². The van der Waals surface area contributed by atoms with Crippen molar-refractivity contribution in [2.24, 2.45) is 0 Å². The molecule has 0 spiro atoms. The zero-order valence-corrected chi connectivity index (χ0v) is 8.88. The second-order valence-electron chi connectivity index (χ2n) is 3.09. The summed E-state index contributed by atoms with van der Waals surface area (Å²) in [6.45, 7) is 3.43. The van der Waals surface area contributed by atoms with Crippen molar-refractivity contribution in [3.63, 3.8) is 0 Å². The Morgan fingerprint density at radius 1 is 0.929 bits per heavy atom. The molecule has 5 heteroatoms. The van der Waals surface area contributed by atoms with Crippen LogP contribution in [0.2, 0.25) is 0 Å². The summed E-state index contributed by atoms with van der Waals surface area (Å²) in [7, 11) is 0. The van der Waals surface area contributed by atoms with Crippen molar-refractivity contribution >= 4 is 0 Å². The summed E-state index contributed by atoms with van der Waals surface area (Å²) in [4.78, 5) is 0. The van der Waals surface area contributed by atoms with Gasteiger partial charge in [-0.25, -0.2) is 0 Å². The van der Waals surface area contributed by atoms with Crippen molar-refractivity contribution in [3.05, 3.63) is 0 Å². The van der Waals surface area contributed by atoms with Crippen molar-refractivity contribution in [2.75, 3.05) is 0 Å². The lowest BCUT2D eigenvalue weighted by atomic mass is 10.1. The summed E-state index contributed by atoms with van der Waals surface area (Å²) in [5.41, 5.74) is 0. The number of aliphatic hydroxyl groups is 3. The Bertz CT molecular complexity index is 121. The Balaban J connectivity index is 4.14. The van der Waals surface area contributed by atoms with Gasteiger partial charge < -0.3 is 24.8 Å². The van der Waals surface area contributed by atoms with E-state index in [4.69, 9.17) is 24.8 Å². The van der Waals surface area contributed by atoms with Crippen LogP contribution < -0.4 is 0 Å². The standard InChI is InChI=1S/C9H20O5/c1-4-7(13-6(3)10)8(5-2)14-9(11)12/h6-12H,4-5H2,1-3H3. The Morgan fingerprint density at radius 2 is 1.36 bits per heavy atom. The third kappa shape index (κ3) is 5.51. The van der Waals surface area contributed by atoms with Crippen LogP contribution in [-0.2, 0) is 9.47 Å². The molecule has 86 valence electrons. The topological polar surface area (TPSA) is 79.2 Å². The van der Waals surface area contributed by atoms with Gasteiger partial charge in [0.15, 0.2) is 6.29 Å². The first kappa shape index (κ1) is 13.8. The first-order chi connectivity index (χ1) is 6.51. The summed E-state index contributed by atoms with van der Waals surface area (Å²) >= 11 is 0. The van der Waals surface area contributed by atoms with E-state index in [-0.39, 0.29) is 6.10 Å². The van der Waals surface area contributed by atoms with E-state index in [0.717, 1.165) is 0 Å². The molecule has 14 heavy (non-hydrogen) atoms. The summed E-state index contributed by atoms with van der Waals surface area (Å²) < 4.78 is 9.99. The van der Waals surface area contributed by atoms with E-state index in [9.17, 15) is 0 Å². The zero-order chi connectivity index (χ0) is 11.1. The van der Waals surface area contributed by atoms with Crippen molar-refractivity contribution < 1.29 is 24.8 Å². The molecule has 3 unspecified atom stereocenters. The normalized spacial score (nSPS) is 18.2. The quantitative estimate of drug-likeness (QED) is 0.520. The molecule has 5 nitrogen and oxygen atoms in total. The van der Waals surface area contributed by atoms with E-state index in [1.165, 1.54) is 6.92 Å². The van der Waals surface area contributed by atoms with Gasteiger partial charge in [-0.05, 0) is 19.8 Å². The van der Waals surface area contributed by atoms with E-state index in [1.54, 1.807) is 0 Å². The van der Waals surface area contributed by atoms with Gasteiger partial charge in [-0.15, -0.1) is 0 Å². The predicted octanol–water partition coefficient (Wildman–Crippen LogP) is 0.183.